The monoisotopic (exact) mass is 373 g/mol. The summed E-state index contributed by atoms with van der Waals surface area (Å²) in [6, 6.07) is 12.7. The molecule has 25 heavy (non-hydrogen) atoms. The molecule has 1 saturated heterocycles. The molecule has 2 bridgehead atoms. The molecule has 2 nitrogen and oxygen atoms in total. The molecule has 0 amide bonds. The van der Waals surface area contributed by atoms with Gasteiger partial charge in [0.2, 0.25) is 0 Å². The average Bonchev–Trinajstić information content (AvgIpc) is 2.63. The van der Waals surface area contributed by atoms with E-state index in [9.17, 15) is 0 Å². The van der Waals surface area contributed by atoms with Gasteiger partial charge in [-0.2, -0.15) is 0 Å². The van der Waals surface area contributed by atoms with E-state index in [1.807, 2.05) is 12.1 Å². The van der Waals surface area contributed by atoms with Gasteiger partial charge in [-0.3, -0.25) is 4.90 Å². The van der Waals surface area contributed by atoms with Crippen LogP contribution in [0.1, 0.15) is 40.5 Å². The van der Waals surface area contributed by atoms with Gasteiger partial charge in [-0.05, 0) is 46.7 Å². The van der Waals surface area contributed by atoms with E-state index in [0.29, 0.717) is 17.8 Å². The quantitative estimate of drug-likeness (QED) is 0.740. The molecule has 130 valence electrons. The Labute approximate surface area is 158 Å². The average molecular weight is 374 g/mol. The zero-order valence-corrected chi connectivity index (χ0v) is 15.6. The van der Waals surface area contributed by atoms with E-state index in [1.165, 1.54) is 22.3 Å². The number of fused-ring (bicyclic) bond motifs is 1. The van der Waals surface area contributed by atoms with Crippen LogP contribution in [0.3, 0.4) is 0 Å². The van der Waals surface area contributed by atoms with E-state index in [4.69, 9.17) is 27.9 Å². The van der Waals surface area contributed by atoms with Gasteiger partial charge in [-0.1, -0.05) is 47.5 Å². The fourth-order valence-corrected chi connectivity index (χ4v) is 5.77. The van der Waals surface area contributed by atoms with E-state index in [1.54, 1.807) is 0 Å². The van der Waals surface area contributed by atoms with Crippen LogP contribution in [0, 0.1) is 5.92 Å². The molecule has 0 saturated carbocycles. The van der Waals surface area contributed by atoms with Crippen molar-refractivity contribution in [3.05, 3.63) is 68.7 Å². The third-order valence-corrected chi connectivity index (χ3v) is 6.81. The molecule has 0 radical (unpaired) electrons. The Morgan fingerprint density at radius 1 is 0.920 bits per heavy atom. The second kappa shape index (κ2) is 6.28. The van der Waals surface area contributed by atoms with E-state index in [2.05, 4.69) is 29.2 Å². The van der Waals surface area contributed by atoms with Crippen LogP contribution >= 0.6 is 23.2 Å². The van der Waals surface area contributed by atoms with E-state index < -0.39 is 0 Å². The maximum absolute atomic E-state index is 6.68. The van der Waals surface area contributed by atoms with Gasteiger partial charge in [0.1, 0.15) is 0 Å². The lowest BCUT2D eigenvalue weighted by atomic mass is 9.59. The van der Waals surface area contributed by atoms with Crippen LogP contribution in [0.15, 0.2) is 36.4 Å². The predicted molar refractivity (Wildman–Crippen MR) is 102 cm³/mol. The first kappa shape index (κ1) is 16.1. The highest BCUT2D eigenvalue weighted by Gasteiger charge is 2.45. The zero-order valence-electron chi connectivity index (χ0n) is 14.1. The molecule has 3 aliphatic carbocycles. The van der Waals surface area contributed by atoms with Crippen molar-refractivity contribution in [2.45, 2.75) is 18.3 Å². The lowest BCUT2D eigenvalue weighted by molar-refractivity contribution is 0.0272. The highest BCUT2D eigenvalue weighted by molar-refractivity contribution is 6.32. The third-order valence-electron chi connectivity index (χ3n) is 6.15. The summed E-state index contributed by atoms with van der Waals surface area (Å²) in [5, 5.41) is 1.81. The number of morpholine rings is 1. The van der Waals surface area contributed by atoms with Crippen molar-refractivity contribution in [3.8, 4) is 0 Å². The summed E-state index contributed by atoms with van der Waals surface area (Å²) in [5.41, 5.74) is 5.45. The van der Waals surface area contributed by atoms with E-state index in [-0.39, 0.29) is 0 Å². The summed E-state index contributed by atoms with van der Waals surface area (Å²) in [7, 11) is 0. The first-order valence-corrected chi connectivity index (χ1v) is 9.86. The number of ether oxygens (including phenoxy) is 1. The van der Waals surface area contributed by atoms with E-state index >= 15 is 0 Å². The van der Waals surface area contributed by atoms with Crippen molar-refractivity contribution < 1.29 is 4.74 Å². The Hall–Kier alpha value is -1.06. The minimum atomic E-state index is 0.352. The molecular weight excluding hydrogens is 353 g/mol. The van der Waals surface area contributed by atoms with Gasteiger partial charge in [0, 0.05) is 41.5 Å². The fraction of sp³-hybridized carbons (Fsp3) is 0.429. The van der Waals surface area contributed by atoms with Crippen molar-refractivity contribution >= 4 is 23.2 Å². The summed E-state index contributed by atoms with van der Waals surface area (Å²) in [5.74, 6) is 1.31. The topological polar surface area (TPSA) is 12.5 Å². The van der Waals surface area contributed by atoms with Crippen molar-refractivity contribution in [1.82, 2.24) is 4.90 Å². The van der Waals surface area contributed by atoms with Crippen LogP contribution in [0.5, 0.6) is 0 Å². The molecule has 6 rings (SSSR count). The number of hydrogen-bond donors (Lipinski definition) is 0. The minimum Gasteiger partial charge on any atom is -0.379 e. The Bertz CT molecular complexity index is 816. The van der Waals surface area contributed by atoms with Gasteiger partial charge in [0.25, 0.3) is 0 Å². The summed E-state index contributed by atoms with van der Waals surface area (Å²) < 4.78 is 5.52. The molecule has 4 aliphatic rings. The minimum absolute atomic E-state index is 0.352. The standard InChI is InChI=1S/C21H21Cl2NO/c22-17-5-2-4-15-19-13(12-24-7-9-25-10-8-24)11-16(20(15)17)14-3-1-6-18(23)21(14)19/h1-6,13,16,19H,7-12H2. The first-order chi connectivity index (χ1) is 12.2. The summed E-state index contributed by atoms with van der Waals surface area (Å²) in [6.45, 7) is 4.87. The van der Waals surface area contributed by atoms with Gasteiger partial charge in [-0.25, -0.2) is 0 Å². The maximum Gasteiger partial charge on any atom is 0.0594 e. The van der Waals surface area contributed by atoms with Gasteiger partial charge >= 0.3 is 0 Å². The van der Waals surface area contributed by atoms with Crippen LogP contribution in [0.25, 0.3) is 0 Å². The number of rotatable bonds is 2. The second-order valence-electron chi connectivity index (χ2n) is 7.42. The molecule has 4 heteroatoms. The van der Waals surface area contributed by atoms with Gasteiger partial charge in [0.05, 0.1) is 13.2 Å². The Morgan fingerprint density at radius 3 is 2.36 bits per heavy atom. The van der Waals surface area contributed by atoms with Crippen LogP contribution in [-0.2, 0) is 4.74 Å². The molecule has 3 unspecified atom stereocenters. The lowest BCUT2D eigenvalue weighted by Gasteiger charge is -2.47. The van der Waals surface area contributed by atoms with Crippen LogP contribution in [0.2, 0.25) is 10.0 Å². The second-order valence-corrected chi connectivity index (χ2v) is 8.24. The van der Waals surface area contributed by atoms with Crippen LogP contribution < -0.4 is 0 Å². The number of benzene rings is 2. The largest absolute Gasteiger partial charge is 0.379 e. The van der Waals surface area contributed by atoms with E-state index in [0.717, 1.165) is 49.3 Å². The van der Waals surface area contributed by atoms with Gasteiger partial charge in [0.15, 0.2) is 0 Å². The first-order valence-electron chi connectivity index (χ1n) is 9.10. The summed E-state index contributed by atoms with van der Waals surface area (Å²) >= 11 is 13.3. The normalized spacial score (nSPS) is 27.8. The smallest absolute Gasteiger partial charge is 0.0594 e. The zero-order chi connectivity index (χ0) is 17.0. The third kappa shape index (κ3) is 2.54. The van der Waals surface area contributed by atoms with Crippen molar-refractivity contribution in [3.63, 3.8) is 0 Å². The van der Waals surface area contributed by atoms with Crippen LogP contribution in [-0.4, -0.2) is 37.7 Å². The van der Waals surface area contributed by atoms with Gasteiger partial charge < -0.3 is 4.74 Å². The molecule has 1 aliphatic heterocycles. The Morgan fingerprint density at radius 2 is 1.60 bits per heavy atom. The molecule has 2 aromatic rings. The fourth-order valence-electron chi connectivity index (χ4n) is 5.16. The molecule has 3 atom stereocenters. The maximum atomic E-state index is 6.68. The van der Waals surface area contributed by atoms with Crippen molar-refractivity contribution in [1.29, 1.82) is 0 Å². The van der Waals surface area contributed by atoms with Crippen LogP contribution in [0.4, 0.5) is 0 Å². The Kier molecular flexibility index (Phi) is 4.05. The molecule has 0 N–H and O–H groups in total. The van der Waals surface area contributed by atoms with Crippen molar-refractivity contribution in [2.24, 2.45) is 5.92 Å². The summed E-state index contributed by atoms with van der Waals surface area (Å²) in [4.78, 5) is 2.55. The molecule has 0 spiro atoms. The molecule has 2 aromatic carbocycles. The molecule has 1 heterocycles. The highest BCUT2D eigenvalue weighted by atomic mass is 35.5. The number of hydrogen-bond acceptors (Lipinski definition) is 2. The predicted octanol–water partition coefficient (Wildman–Crippen LogP) is 4.92. The summed E-state index contributed by atoms with van der Waals surface area (Å²) in [6.07, 6.45) is 1.16. The molecule has 1 fully saturated rings. The molecular formula is C21H21Cl2NO. The highest BCUT2D eigenvalue weighted by Crippen LogP contribution is 2.58. The molecule has 0 aromatic heterocycles. The SMILES string of the molecule is Clc1cccc2c1C1CC(CN3CCOCC3)C2c2c(Cl)cccc21. The Balaban J connectivity index is 1.60. The van der Waals surface area contributed by atoms with Gasteiger partial charge in [-0.15, -0.1) is 0 Å². The lowest BCUT2D eigenvalue weighted by Crippen LogP contribution is -2.44. The number of halogens is 2. The number of nitrogens with zero attached hydrogens (tertiary/aromatic N) is 1. The van der Waals surface area contributed by atoms with Crippen molar-refractivity contribution in [2.75, 3.05) is 32.8 Å².